The van der Waals surface area contributed by atoms with E-state index in [4.69, 9.17) is 16.3 Å². The van der Waals surface area contributed by atoms with Gasteiger partial charge in [-0.25, -0.2) is 0 Å². The molecule has 0 fully saturated rings. The molecule has 0 aliphatic carbocycles. The minimum absolute atomic E-state index is 0.0504. The molecule has 0 aliphatic rings. The number of aryl methyl sites for hydroxylation is 1. The molecule has 0 aromatic heterocycles. The van der Waals surface area contributed by atoms with Crippen molar-refractivity contribution in [1.82, 2.24) is 0 Å². The zero-order chi connectivity index (χ0) is 13.8. The van der Waals surface area contributed by atoms with E-state index in [1.54, 1.807) is 0 Å². The van der Waals surface area contributed by atoms with Crippen LogP contribution in [0.4, 0.5) is 0 Å². The van der Waals surface area contributed by atoms with E-state index in [0.29, 0.717) is 11.6 Å². The van der Waals surface area contributed by atoms with Gasteiger partial charge in [0, 0.05) is 15.1 Å². The highest BCUT2D eigenvalue weighted by Gasteiger charge is 2.08. The van der Waals surface area contributed by atoms with Crippen molar-refractivity contribution in [3.05, 3.63) is 62.6 Å². The lowest BCUT2D eigenvalue weighted by molar-refractivity contribution is 0.258. The molecule has 2 aromatic carbocycles. The Morgan fingerprint density at radius 1 is 1.26 bits per heavy atom. The van der Waals surface area contributed by atoms with Crippen LogP contribution in [-0.2, 0) is 13.2 Å². The van der Waals surface area contributed by atoms with Crippen LogP contribution >= 0.6 is 27.5 Å². The number of rotatable bonds is 4. The molecule has 0 saturated carbocycles. The van der Waals surface area contributed by atoms with Crippen molar-refractivity contribution >= 4 is 27.5 Å². The lowest BCUT2D eigenvalue weighted by atomic mass is 10.1. The lowest BCUT2D eigenvalue weighted by Crippen LogP contribution is -2.01. The van der Waals surface area contributed by atoms with Crippen LogP contribution < -0.4 is 4.74 Å². The van der Waals surface area contributed by atoms with Gasteiger partial charge in [0.1, 0.15) is 12.4 Å². The first-order valence-corrected chi connectivity index (χ1v) is 7.04. The maximum absolute atomic E-state index is 9.39. The number of halogens is 2. The molecule has 2 nitrogen and oxygen atoms in total. The molecule has 4 heteroatoms. The van der Waals surface area contributed by atoms with Crippen molar-refractivity contribution in [2.45, 2.75) is 20.1 Å². The second-order valence-electron chi connectivity index (χ2n) is 4.29. The largest absolute Gasteiger partial charge is 0.488 e. The monoisotopic (exact) mass is 340 g/mol. The average Bonchev–Trinajstić information content (AvgIpc) is 2.37. The summed E-state index contributed by atoms with van der Waals surface area (Å²) in [5, 5.41) is 10.1. The van der Waals surface area contributed by atoms with Crippen LogP contribution in [-0.4, -0.2) is 5.11 Å². The minimum Gasteiger partial charge on any atom is -0.488 e. The van der Waals surface area contributed by atoms with Gasteiger partial charge in [0.2, 0.25) is 0 Å². The summed E-state index contributed by atoms with van der Waals surface area (Å²) in [5.74, 6) is 0.727. The van der Waals surface area contributed by atoms with E-state index in [1.165, 1.54) is 0 Å². The predicted molar refractivity (Wildman–Crippen MR) is 80.6 cm³/mol. The molecular formula is C15H14BrClO2. The summed E-state index contributed by atoms with van der Waals surface area (Å²) < 4.78 is 6.75. The van der Waals surface area contributed by atoms with Gasteiger partial charge >= 0.3 is 0 Å². The first-order valence-electron chi connectivity index (χ1n) is 5.87. The first kappa shape index (κ1) is 14.4. The molecule has 0 aliphatic heterocycles. The van der Waals surface area contributed by atoms with Crippen LogP contribution in [0.25, 0.3) is 0 Å². The van der Waals surface area contributed by atoms with Crippen LogP contribution in [0.5, 0.6) is 5.75 Å². The predicted octanol–water partition coefficient (Wildman–Crippen LogP) is 4.48. The Morgan fingerprint density at radius 2 is 2.05 bits per heavy atom. The van der Waals surface area contributed by atoms with E-state index < -0.39 is 0 Å². The van der Waals surface area contributed by atoms with Crippen LogP contribution in [0.1, 0.15) is 16.7 Å². The van der Waals surface area contributed by atoms with Gasteiger partial charge < -0.3 is 9.84 Å². The maximum Gasteiger partial charge on any atom is 0.128 e. The molecule has 0 spiro atoms. The van der Waals surface area contributed by atoms with Crippen LogP contribution in [0, 0.1) is 6.92 Å². The molecule has 100 valence electrons. The van der Waals surface area contributed by atoms with Gasteiger partial charge in [-0.15, -0.1) is 0 Å². The van der Waals surface area contributed by atoms with Gasteiger partial charge in [0.25, 0.3) is 0 Å². The summed E-state index contributed by atoms with van der Waals surface area (Å²) >= 11 is 9.34. The van der Waals surface area contributed by atoms with Crippen molar-refractivity contribution < 1.29 is 9.84 Å². The van der Waals surface area contributed by atoms with Gasteiger partial charge in [-0.1, -0.05) is 39.7 Å². The summed E-state index contributed by atoms with van der Waals surface area (Å²) in [4.78, 5) is 0. The van der Waals surface area contributed by atoms with Gasteiger partial charge in [-0.3, -0.25) is 0 Å². The van der Waals surface area contributed by atoms with E-state index >= 15 is 0 Å². The van der Waals surface area contributed by atoms with Gasteiger partial charge in [0.15, 0.2) is 0 Å². The molecule has 0 amide bonds. The summed E-state index contributed by atoms with van der Waals surface area (Å²) in [6, 6.07) is 11.4. The lowest BCUT2D eigenvalue weighted by Gasteiger charge is -2.14. The number of benzene rings is 2. The number of hydrogen-bond donors (Lipinski definition) is 1. The Labute approximate surface area is 126 Å². The van der Waals surface area contributed by atoms with Crippen LogP contribution in [0.15, 0.2) is 40.9 Å². The summed E-state index contributed by atoms with van der Waals surface area (Å²) in [5.41, 5.74) is 2.76. The molecular weight excluding hydrogens is 328 g/mol. The molecule has 19 heavy (non-hydrogen) atoms. The normalized spacial score (nSPS) is 10.5. The third-order valence-corrected chi connectivity index (χ3v) is 3.45. The molecule has 2 aromatic rings. The Kier molecular flexibility index (Phi) is 4.86. The highest BCUT2D eigenvalue weighted by Crippen LogP contribution is 2.29. The first-order chi connectivity index (χ1) is 9.10. The van der Waals surface area contributed by atoms with E-state index in [-0.39, 0.29) is 6.61 Å². The van der Waals surface area contributed by atoms with Gasteiger partial charge in [0.05, 0.1) is 6.61 Å². The van der Waals surface area contributed by atoms with Crippen molar-refractivity contribution in [2.75, 3.05) is 0 Å². The quantitative estimate of drug-likeness (QED) is 0.888. The molecule has 0 unspecified atom stereocenters. The zero-order valence-electron chi connectivity index (χ0n) is 10.5. The second-order valence-corrected chi connectivity index (χ2v) is 5.64. The fourth-order valence-corrected chi connectivity index (χ4v) is 2.74. The maximum atomic E-state index is 9.39. The summed E-state index contributed by atoms with van der Waals surface area (Å²) in [7, 11) is 0. The molecule has 0 bridgehead atoms. The van der Waals surface area contributed by atoms with E-state index in [2.05, 4.69) is 15.9 Å². The van der Waals surface area contributed by atoms with E-state index in [0.717, 1.165) is 26.9 Å². The summed E-state index contributed by atoms with van der Waals surface area (Å²) in [6.07, 6.45) is 0. The molecule has 0 radical (unpaired) electrons. The molecule has 0 atom stereocenters. The number of aliphatic hydroxyl groups is 1. The zero-order valence-corrected chi connectivity index (χ0v) is 12.8. The average molecular weight is 342 g/mol. The fourth-order valence-electron chi connectivity index (χ4n) is 1.91. The minimum atomic E-state index is -0.0504. The van der Waals surface area contributed by atoms with E-state index in [9.17, 15) is 5.11 Å². The standard InChI is InChI=1S/C15H14BrClO2/c1-10-5-13(16)7-12(8-18)15(10)19-9-11-3-2-4-14(17)6-11/h2-7,18H,8-9H2,1H3. The third-order valence-electron chi connectivity index (χ3n) is 2.76. The number of ether oxygens (including phenoxy) is 1. The highest BCUT2D eigenvalue weighted by atomic mass is 79.9. The van der Waals surface area contributed by atoms with Crippen molar-refractivity contribution in [3.63, 3.8) is 0 Å². The molecule has 0 saturated heterocycles. The van der Waals surface area contributed by atoms with Gasteiger partial charge in [-0.05, 0) is 42.3 Å². The number of hydrogen-bond acceptors (Lipinski definition) is 2. The fraction of sp³-hybridized carbons (Fsp3) is 0.200. The van der Waals surface area contributed by atoms with Crippen molar-refractivity contribution in [3.8, 4) is 5.75 Å². The Hall–Kier alpha value is -1.03. The molecule has 2 rings (SSSR count). The van der Waals surface area contributed by atoms with Crippen LogP contribution in [0.2, 0.25) is 5.02 Å². The number of aliphatic hydroxyl groups excluding tert-OH is 1. The smallest absolute Gasteiger partial charge is 0.128 e. The Morgan fingerprint density at radius 3 is 2.74 bits per heavy atom. The van der Waals surface area contributed by atoms with Crippen molar-refractivity contribution in [1.29, 1.82) is 0 Å². The SMILES string of the molecule is Cc1cc(Br)cc(CO)c1OCc1cccc(Cl)c1. The van der Waals surface area contributed by atoms with Gasteiger partial charge in [-0.2, -0.15) is 0 Å². The highest BCUT2D eigenvalue weighted by molar-refractivity contribution is 9.10. The van der Waals surface area contributed by atoms with Crippen LogP contribution in [0.3, 0.4) is 0 Å². The Bertz CT molecular complexity index is 584. The van der Waals surface area contributed by atoms with Crippen molar-refractivity contribution in [2.24, 2.45) is 0 Å². The topological polar surface area (TPSA) is 29.5 Å². The van der Waals surface area contributed by atoms with E-state index in [1.807, 2.05) is 43.3 Å². The second kappa shape index (κ2) is 6.42. The Balaban J connectivity index is 2.19. The summed E-state index contributed by atoms with van der Waals surface area (Å²) in [6.45, 7) is 2.33. The molecule has 1 N–H and O–H groups in total. The molecule has 0 heterocycles. The third kappa shape index (κ3) is 3.72.